The van der Waals surface area contributed by atoms with Crippen molar-refractivity contribution in [2.24, 2.45) is 0 Å². The van der Waals surface area contributed by atoms with E-state index in [1.165, 1.54) is 18.4 Å². The molecule has 0 N–H and O–H groups in total. The van der Waals surface area contributed by atoms with Gasteiger partial charge < -0.3 is 9.15 Å². The molecular formula is C22H17FN2O3S. The molecule has 1 aromatic heterocycles. The molecule has 2 aliphatic rings. The fraction of sp³-hybridized carbons (Fsp3) is 0.182. The second kappa shape index (κ2) is 6.42. The van der Waals surface area contributed by atoms with Crippen molar-refractivity contribution in [1.82, 2.24) is 4.90 Å². The molecule has 2 atom stereocenters. The van der Waals surface area contributed by atoms with Crippen LogP contribution in [0.25, 0.3) is 0 Å². The van der Waals surface area contributed by atoms with Crippen LogP contribution in [0, 0.1) is 5.82 Å². The van der Waals surface area contributed by atoms with Crippen LogP contribution in [0.1, 0.15) is 35.5 Å². The molecule has 0 aliphatic carbocycles. The van der Waals surface area contributed by atoms with Crippen LogP contribution < -0.4 is 9.64 Å². The number of nitrogens with zero attached hydrogens (tertiary/aromatic N) is 2. The largest absolute Gasteiger partial charge is 0.467 e. The molecular weight excluding hydrogens is 391 g/mol. The van der Waals surface area contributed by atoms with Gasteiger partial charge in [-0.3, -0.25) is 14.6 Å². The summed E-state index contributed by atoms with van der Waals surface area (Å²) < 4.78 is 25.2. The lowest BCUT2D eigenvalue weighted by molar-refractivity contribution is 0.0174. The summed E-state index contributed by atoms with van der Waals surface area (Å²) in [6, 6.07) is 16.6. The van der Waals surface area contributed by atoms with E-state index in [1.54, 1.807) is 34.1 Å². The van der Waals surface area contributed by atoms with E-state index < -0.39 is 5.72 Å². The summed E-state index contributed by atoms with van der Waals surface area (Å²) in [5.74, 6) is 0.228. The van der Waals surface area contributed by atoms with Crippen molar-refractivity contribution >= 4 is 28.9 Å². The van der Waals surface area contributed by atoms with Crippen LogP contribution >= 0.6 is 12.2 Å². The Kier molecular flexibility index (Phi) is 3.96. The van der Waals surface area contributed by atoms with Gasteiger partial charge in [-0.05, 0) is 61.6 Å². The second-order valence-corrected chi connectivity index (χ2v) is 7.65. The van der Waals surface area contributed by atoms with Crippen molar-refractivity contribution in [1.29, 1.82) is 0 Å². The van der Waals surface area contributed by atoms with Gasteiger partial charge in [0.2, 0.25) is 0 Å². The van der Waals surface area contributed by atoms with Gasteiger partial charge in [0.1, 0.15) is 11.6 Å². The number of hydrogen-bond donors (Lipinski definition) is 0. The van der Waals surface area contributed by atoms with E-state index in [-0.39, 0.29) is 28.6 Å². The summed E-state index contributed by atoms with van der Waals surface area (Å²) in [6.45, 7) is 1.93. The average Bonchev–Trinajstić information content (AvgIpc) is 3.24. The first-order valence-corrected chi connectivity index (χ1v) is 9.63. The number of ether oxygens (including phenoxy) is 1. The standard InChI is InChI=1S/C22H17FN2O3S/c1-22-13-17(16-5-2-3-6-18(16)28-22)24(20(26)19-7-4-12-27-19)21(29)25(22)15-10-8-14(23)9-11-15/h2-12,17H,13H2,1H3/t17-,22+/m0/s1. The maximum Gasteiger partial charge on any atom is 0.296 e. The van der Waals surface area contributed by atoms with Gasteiger partial charge in [-0.25, -0.2) is 4.39 Å². The number of amides is 1. The molecule has 1 saturated heterocycles. The van der Waals surface area contributed by atoms with Gasteiger partial charge in [0.25, 0.3) is 5.91 Å². The van der Waals surface area contributed by atoms with E-state index in [1.807, 2.05) is 31.2 Å². The number of thiocarbonyl (C=S) groups is 1. The van der Waals surface area contributed by atoms with E-state index in [0.29, 0.717) is 17.9 Å². The van der Waals surface area contributed by atoms with Crippen LogP contribution in [0.4, 0.5) is 10.1 Å². The Balaban J connectivity index is 1.68. The predicted octanol–water partition coefficient (Wildman–Crippen LogP) is 4.91. The molecule has 0 saturated carbocycles. The highest BCUT2D eigenvalue weighted by Crippen LogP contribution is 2.49. The molecule has 29 heavy (non-hydrogen) atoms. The Labute approximate surface area is 172 Å². The van der Waals surface area contributed by atoms with Gasteiger partial charge in [0.05, 0.1) is 12.3 Å². The summed E-state index contributed by atoms with van der Waals surface area (Å²) in [5.41, 5.74) is 0.716. The highest BCUT2D eigenvalue weighted by Gasteiger charge is 2.53. The summed E-state index contributed by atoms with van der Waals surface area (Å²) in [6.07, 6.45) is 1.95. The molecule has 0 radical (unpaired) electrons. The topological polar surface area (TPSA) is 45.9 Å². The minimum Gasteiger partial charge on any atom is -0.467 e. The van der Waals surface area contributed by atoms with Gasteiger partial charge in [-0.15, -0.1) is 0 Å². The maximum atomic E-state index is 13.5. The fourth-order valence-corrected chi connectivity index (χ4v) is 4.64. The van der Waals surface area contributed by atoms with Gasteiger partial charge in [0.15, 0.2) is 16.6 Å². The zero-order chi connectivity index (χ0) is 20.2. The Bertz CT molecular complexity index is 1100. The Hall–Kier alpha value is -3.19. The number of hydrogen-bond acceptors (Lipinski definition) is 4. The first kappa shape index (κ1) is 17.9. The summed E-state index contributed by atoms with van der Waals surface area (Å²) in [7, 11) is 0. The first-order chi connectivity index (χ1) is 14.0. The molecule has 1 fully saturated rings. The van der Waals surface area contributed by atoms with E-state index in [2.05, 4.69) is 0 Å². The highest BCUT2D eigenvalue weighted by molar-refractivity contribution is 7.80. The van der Waals surface area contributed by atoms with Crippen molar-refractivity contribution in [3.05, 3.63) is 84.1 Å². The predicted molar refractivity (Wildman–Crippen MR) is 109 cm³/mol. The Morgan fingerprint density at radius 3 is 2.62 bits per heavy atom. The van der Waals surface area contributed by atoms with Gasteiger partial charge in [0, 0.05) is 17.7 Å². The van der Waals surface area contributed by atoms with Crippen molar-refractivity contribution < 1.29 is 18.3 Å². The smallest absolute Gasteiger partial charge is 0.296 e. The minimum absolute atomic E-state index is 0.207. The molecule has 1 amide bonds. The molecule has 0 spiro atoms. The highest BCUT2D eigenvalue weighted by atomic mass is 32.1. The lowest BCUT2D eigenvalue weighted by Gasteiger charge is -2.55. The van der Waals surface area contributed by atoms with Gasteiger partial charge in [-0.2, -0.15) is 0 Å². The number of rotatable bonds is 2. The third kappa shape index (κ3) is 2.73. The Morgan fingerprint density at radius 2 is 1.90 bits per heavy atom. The number of carbonyl (C=O) groups excluding carboxylic acids is 1. The number of para-hydroxylation sites is 1. The molecule has 146 valence electrons. The van der Waals surface area contributed by atoms with Crippen molar-refractivity contribution in [2.45, 2.75) is 25.1 Å². The van der Waals surface area contributed by atoms with Crippen LogP contribution in [0.5, 0.6) is 5.75 Å². The summed E-state index contributed by atoms with van der Waals surface area (Å²) in [5, 5.41) is 0.284. The SMILES string of the molecule is C[C@]12C[C@@H](c3ccccc3O1)N(C(=O)c1ccco1)C(=S)N2c1ccc(F)cc1. The van der Waals surface area contributed by atoms with Crippen molar-refractivity contribution in [2.75, 3.05) is 4.90 Å². The Morgan fingerprint density at radius 1 is 1.14 bits per heavy atom. The number of benzene rings is 2. The first-order valence-electron chi connectivity index (χ1n) is 9.23. The van der Waals surface area contributed by atoms with Gasteiger partial charge in [-0.1, -0.05) is 18.2 Å². The molecule has 2 aromatic carbocycles. The normalized spacial score (nSPS) is 22.8. The molecule has 3 heterocycles. The number of carbonyl (C=O) groups is 1. The molecule has 2 aliphatic heterocycles. The molecule has 5 rings (SSSR count). The van der Waals surface area contributed by atoms with Crippen LogP contribution in [0.3, 0.4) is 0 Å². The van der Waals surface area contributed by atoms with E-state index >= 15 is 0 Å². The van der Waals surface area contributed by atoms with Crippen molar-refractivity contribution in [3.63, 3.8) is 0 Å². The molecule has 3 aromatic rings. The van der Waals surface area contributed by atoms with Crippen LogP contribution in [0.2, 0.25) is 0 Å². The molecule has 7 heteroatoms. The number of halogens is 1. The third-order valence-corrected chi connectivity index (χ3v) is 5.78. The lowest BCUT2D eigenvalue weighted by Crippen LogP contribution is -2.67. The zero-order valence-corrected chi connectivity index (χ0v) is 16.4. The van der Waals surface area contributed by atoms with Crippen LogP contribution in [-0.4, -0.2) is 21.6 Å². The van der Waals surface area contributed by atoms with E-state index in [0.717, 1.165) is 5.56 Å². The van der Waals surface area contributed by atoms with E-state index in [4.69, 9.17) is 21.4 Å². The second-order valence-electron chi connectivity index (χ2n) is 7.28. The lowest BCUT2D eigenvalue weighted by atomic mass is 9.88. The summed E-state index contributed by atoms with van der Waals surface area (Å²) >= 11 is 5.78. The number of anilines is 1. The minimum atomic E-state index is -0.826. The number of fused-ring (bicyclic) bond motifs is 4. The van der Waals surface area contributed by atoms with E-state index in [9.17, 15) is 9.18 Å². The fourth-order valence-electron chi connectivity index (χ4n) is 4.13. The quantitative estimate of drug-likeness (QED) is 0.564. The third-order valence-electron chi connectivity index (χ3n) is 5.40. The zero-order valence-electron chi connectivity index (χ0n) is 15.5. The summed E-state index contributed by atoms with van der Waals surface area (Å²) in [4.78, 5) is 16.7. The van der Waals surface area contributed by atoms with Crippen LogP contribution in [0.15, 0.2) is 71.3 Å². The van der Waals surface area contributed by atoms with Crippen LogP contribution in [-0.2, 0) is 0 Å². The monoisotopic (exact) mass is 408 g/mol. The molecule has 0 unspecified atom stereocenters. The molecule has 5 nitrogen and oxygen atoms in total. The maximum absolute atomic E-state index is 13.5. The van der Waals surface area contributed by atoms with Gasteiger partial charge >= 0.3 is 0 Å². The average molecular weight is 408 g/mol. The molecule has 2 bridgehead atoms. The number of furan rings is 1. The van der Waals surface area contributed by atoms with Crippen molar-refractivity contribution in [3.8, 4) is 5.75 Å².